The minimum atomic E-state index is -0.0496. The van der Waals surface area contributed by atoms with Crippen molar-refractivity contribution in [2.75, 3.05) is 6.61 Å². The van der Waals surface area contributed by atoms with E-state index in [2.05, 4.69) is 19.2 Å². The lowest BCUT2D eigenvalue weighted by atomic mass is 10.0. The lowest BCUT2D eigenvalue weighted by Gasteiger charge is -2.16. The summed E-state index contributed by atoms with van der Waals surface area (Å²) in [5.41, 5.74) is 0. The third-order valence-corrected chi connectivity index (χ3v) is 8.25. The van der Waals surface area contributed by atoms with Gasteiger partial charge in [0.1, 0.15) is 0 Å². The number of amides is 1. The van der Waals surface area contributed by atoms with Crippen LogP contribution in [0.4, 0.5) is 0 Å². The van der Waals surface area contributed by atoms with E-state index < -0.39 is 0 Å². The molecule has 38 heavy (non-hydrogen) atoms. The van der Waals surface area contributed by atoms with E-state index in [0.717, 1.165) is 25.7 Å². The van der Waals surface area contributed by atoms with Crippen LogP contribution < -0.4 is 5.32 Å². The summed E-state index contributed by atoms with van der Waals surface area (Å²) in [6.07, 6.45) is 39.3. The fourth-order valence-corrected chi connectivity index (χ4v) is 5.57. The predicted octanol–water partition coefficient (Wildman–Crippen LogP) is 11.2. The molecule has 3 heteroatoms. The topological polar surface area (TPSA) is 49.3 Å². The molecule has 0 aromatic rings. The standard InChI is InChI=1S/C35H71NO2/c1-3-5-7-9-11-13-15-17-19-21-23-25-27-29-31-34(33-37)36-35(38)32-30-28-26-24-22-20-18-16-14-12-10-8-6-4-2/h34,37H,3-33H2,1-2H3,(H,36,38)/t34-/m1/s1. The van der Waals surface area contributed by atoms with Crippen molar-refractivity contribution in [3.05, 3.63) is 0 Å². The average molecular weight is 538 g/mol. The molecule has 0 spiro atoms. The molecule has 0 heterocycles. The highest BCUT2D eigenvalue weighted by molar-refractivity contribution is 5.76. The van der Waals surface area contributed by atoms with Crippen molar-refractivity contribution in [2.24, 2.45) is 0 Å². The van der Waals surface area contributed by atoms with Crippen LogP contribution in [-0.4, -0.2) is 23.7 Å². The molecule has 0 saturated heterocycles. The molecule has 1 atom stereocenters. The van der Waals surface area contributed by atoms with E-state index >= 15 is 0 Å². The van der Waals surface area contributed by atoms with Crippen molar-refractivity contribution in [3.63, 3.8) is 0 Å². The van der Waals surface area contributed by atoms with Crippen molar-refractivity contribution in [3.8, 4) is 0 Å². The van der Waals surface area contributed by atoms with Gasteiger partial charge in [-0.1, -0.05) is 187 Å². The van der Waals surface area contributed by atoms with Crippen molar-refractivity contribution in [1.29, 1.82) is 0 Å². The molecule has 0 radical (unpaired) electrons. The molecule has 0 fully saturated rings. The largest absolute Gasteiger partial charge is 0.394 e. The van der Waals surface area contributed by atoms with Gasteiger partial charge in [-0.05, 0) is 12.8 Å². The van der Waals surface area contributed by atoms with Crippen LogP contribution in [-0.2, 0) is 4.79 Å². The van der Waals surface area contributed by atoms with Crippen LogP contribution in [0.3, 0.4) is 0 Å². The molecule has 3 nitrogen and oxygen atoms in total. The van der Waals surface area contributed by atoms with Gasteiger partial charge in [0, 0.05) is 6.42 Å². The zero-order valence-electron chi connectivity index (χ0n) is 26.4. The lowest BCUT2D eigenvalue weighted by molar-refractivity contribution is -0.122. The minimum Gasteiger partial charge on any atom is -0.394 e. The van der Waals surface area contributed by atoms with E-state index in [0.29, 0.717) is 6.42 Å². The quantitative estimate of drug-likeness (QED) is 0.0838. The maximum Gasteiger partial charge on any atom is 0.220 e. The van der Waals surface area contributed by atoms with Crippen molar-refractivity contribution in [2.45, 2.75) is 213 Å². The molecule has 0 rings (SSSR count). The molecule has 0 aliphatic heterocycles. The molecule has 1 amide bonds. The smallest absolute Gasteiger partial charge is 0.220 e. The number of unbranched alkanes of at least 4 members (excludes halogenated alkanes) is 26. The van der Waals surface area contributed by atoms with Gasteiger partial charge in [-0.15, -0.1) is 0 Å². The Morgan fingerprint density at radius 3 is 1.08 bits per heavy atom. The number of carbonyl (C=O) groups is 1. The van der Waals surface area contributed by atoms with Crippen LogP contribution in [0.15, 0.2) is 0 Å². The van der Waals surface area contributed by atoms with Crippen molar-refractivity contribution in [1.82, 2.24) is 5.32 Å². The summed E-state index contributed by atoms with van der Waals surface area (Å²) in [6.45, 7) is 4.64. The first-order valence-electron chi connectivity index (χ1n) is 17.6. The number of nitrogens with one attached hydrogen (secondary N) is 1. The van der Waals surface area contributed by atoms with E-state index in [1.807, 2.05) is 0 Å². The normalized spacial score (nSPS) is 12.2. The van der Waals surface area contributed by atoms with Gasteiger partial charge in [0.2, 0.25) is 5.91 Å². The summed E-state index contributed by atoms with van der Waals surface area (Å²) in [4.78, 5) is 12.3. The van der Waals surface area contributed by atoms with Crippen LogP contribution in [0, 0.1) is 0 Å². The Kier molecular flexibility index (Phi) is 32.2. The molecule has 0 unspecified atom stereocenters. The Hall–Kier alpha value is -0.570. The molecule has 0 bridgehead atoms. The van der Waals surface area contributed by atoms with Crippen LogP contribution in [0.25, 0.3) is 0 Å². The summed E-state index contributed by atoms with van der Waals surface area (Å²) < 4.78 is 0. The van der Waals surface area contributed by atoms with Gasteiger partial charge in [-0.2, -0.15) is 0 Å². The van der Waals surface area contributed by atoms with Gasteiger partial charge < -0.3 is 10.4 Å². The Morgan fingerprint density at radius 1 is 0.474 bits per heavy atom. The first-order valence-corrected chi connectivity index (χ1v) is 17.6. The highest BCUT2D eigenvalue weighted by Gasteiger charge is 2.10. The Balaban J connectivity index is 3.40. The zero-order valence-corrected chi connectivity index (χ0v) is 26.4. The monoisotopic (exact) mass is 538 g/mol. The fourth-order valence-electron chi connectivity index (χ4n) is 5.57. The fraction of sp³-hybridized carbons (Fsp3) is 0.971. The molecular weight excluding hydrogens is 466 g/mol. The summed E-state index contributed by atoms with van der Waals surface area (Å²) in [5.74, 6) is 0.133. The van der Waals surface area contributed by atoms with Gasteiger partial charge in [-0.25, -0.2) is 0 Å². The molecular formula is C35H71NO2. The van der Waals surface area contributed by atoms with Crippen LogP contribution >= 0.6 is 0 Å². The van der Waals surface area contributed by atoms with Gasteiger partial charge in [0.25, 0.3) is 0 Å². The first-order chi connectivity index (χ1) is 18.7. The van der Waals surface area contributed by atoms with E-state index in [1.165, 1.54) is 161 Å². The second-order valence-corrected chi connectivity index (χ2v) is 12.2. The third kappa shape index (κ3) is 30.0. The third-order valence-electron chi connectivity index (χ3n) is 8.25. The van der Waals surface area contributed by atoms with Crippen molar-refractivity contribution < 1.29 is 9.90 Å². The lowest BCUT2D eigenvalue weighted by Crippen LogP contribution is -2.37. The van der Waals surface area contributed by atoms with Crippen LogP contribution in [0.1, 0.15) is 206 Å². The van der Waals surface area contributed by atoms with Gasteiger partial charge >= 0.3 is 0 Å². The number of aliphatic hydroxyl groups excluding tert-OH is 1. The molecule has 0 aliphatic carbocycles. The predicted molar refractivity (Wildman–Crippen MR) is 169 cm³/mol. The van der Waals surface area contributed by atoms with E-state index in [1.54, 1.807) is 0 Å². The van der Waals surface area contributed by atoms with E-state index in [-0.39, 0.29) is 18.6 Å². The van der Waals surface area contributed by atoms with Crippen molar-refractivity contribution >= 4 is 5.91 Å². The number of hydrogen-bond acceptors (Lipinski definition) is 2. The zero-order chi connectivity index (χ0) is 27.8. The minimum absolute atomic E-state index is 0.0496. The van der Waals surface area contributed by atoms with Crippen LogP contribution in [0.5, 0.6) is 0 Å². The second-order valence-electron chi connectivity index (χ2n) is 12.2. The maximum absolute atomic E-state index is 12.3. The van der Waals surface area contributed by atoms with Gasteiger partial charge in [0.15, 0.2) is 0 Å². The molecule has 0 saturated carbocycles. The molecule has 0 aromatic heterocycles. The average Bonchev–Trinajstić information content (AvgIpc) is 2.92. The number of aliphatic hydroxyl groups is 1. The van der Waals surface area contributed by atoms with Gasteiger partial charge in [0.05, 0.1) is 12.6 Å². The summed E-state index contributed by atoms with van der Waals surface area (Å²) in [7, 11) is 0. The first kappa shape index (κ1) is 37.4. The SMILES string of the molecule is CCCCCCCCCCCCCCCCC(=O)N[C@@H](CO)CCCCCCCCCCCCCCCC. The molecule has 0 aromatic carbocycles. The maximum atomic E-state index is 12.3. The Bertz CT molecular complexity index is 453. The summed E-state index contributed by atoms with van der Waals surface area (Å²) >= 11 is 0. The summed E-state index contributed by atoms with van der Waals surface area (Å²) in [6, 6.07) is -0.0496. The highest BCUT2D eigenvalue weighted by atomic mass is 16.3. The number of carbonyl (C=O) groups excluding carboxylic acids is 1. The molecule has 0 aliphatic rings. The number of rotatable bonds is 32. The summed E-state index contributed by atoms with van der Waals surface area (Å²) in [5, 5.41) is 12.7. The Morgan fingerprint density at radius 2 is 0.763 bits per heavy atom. The van der Waals surface area contributed by atoms with Crippen LogP contribution in [0.2, 0.25) is 0 Å². The highest BCUT2D eigenvalue weighted by Crippen LogP contribution is 2.15. The second kappa shape index (κ2) is 32.6. The van der Waals surface area contributed by atoms with E-state index in [9.17, 15) is 9.90 Å². The van der Waals surface area contributed by atoms with Gasteiger partial charge in [-0.3, -0.25) is 4.79 Å². The molecule has 228 valence electrons. The molecule has 2 N–H and O–H groups in total. The number of hydrogen-bond donors (Lipinski definition) is 2. The van der Waals surface area contributed by atoms with E-state index in [4.69, 9.17) is 0 Å². The Labute approximate surface area is 240 Å².